The summed E-state index contributed by atoms with van der Waals surface area (Å²) in [5, 5.41) is 3.26. The van der Waals surface area contributed by atoms with Gasteiger partial charge in [-0.05, 0) is 12.1 Å². The molecule has 98 valence electrons. The molecule has 1 N–H and O–H groups in total. The minimum Gasteiger partial charge on any atom is -0.490 e. The highest BCUT2D eigenvalue weighted by molar-refractivity contribution is 5.95. The highest BCUT2D eigenvalue weighted by Gasteiger charge is 2.22. The number of benzene rings is 1. The number of hydrogen-bond acceptors (Lipinski definition) is 3. The molecule has 0 aliphatic carbocycles. The van der Waals surface area contributed by atoms with Crippen molar-refractivity contribution in [3.05, 3.63) is 24.3 Å². The number of nitrogens with zero attached hydrogens (tertiary/aromatic N) is 1. The van der Waals surface area contributed by atoms with Gasteiger partial charge in [-0.15, -0.1) is 0 Å². The van der Waals surface area contributed by atoms with Gasteiger partial charge in [-0.2, -0.15) is 0 Å². The summed E-state index contributed by atoms with van der Waals surface area (Å²) in [6, 6.07) is 8.10. The molecule has 0 fully saturated rings. The predicted molar refractivity (Wildman–Crippen MR) is 72.0 cm³/mol. The van der Waals surface area contributed by atoms with E-state index in [9.17, 15) is 4.79 Å². The molecule has 0 saturated carbocycles. The van der Waals surface area contributed by atoms with E-state index < -0.39 is 0 Å². The van der Waals surface area contributed by atoms with Crippen LogP contribution in [-0.4, -0.2) is 31.6 Å². The fraction of sp³-hybridized carbons (Fsp3) is 0.500. The maximum atomic E-state index is 12.2. The van der Waals surface area contributed by atoms with Crippen molar-refractivity contribution in [3.8, 4) is 5.75 Å². The van der Waals surface area contributed by atoms with Gasteiger partial charge in [0.1, 0.15) is 12.4 Å². The normalized spacial score (nSPS) is 14.3. The quantitative estimate of drug-likeness (QED) is 0.883. The highest BCUT2D eigenvalue weighted by Crippen LogP contribution is 2.31. The van der Waals surface area contributed by atoms with E-state index in [1.54, 1.807) is 0 Å². The first kappa shape index (κ1) is 12.9. The Kier molecular flexibility index (Phi) is 4.20. The zero-order valence-electron chi connectivity index (χ0n) is 11.0. The van der Waals surface area contributed by atoms with Gasteiger partial charge < -0.3 is 15.0 Å². The Balaban J connectivity index is 1.99. The Morgan fingerprint density at radius 3 is 3.00 bits per heavy atom. The van der Waals surface area contributed by atoms with Gasteiger partial charge >= 0.3 is 0 Å². The van der Waals surface area contributed by atoms with Crippen molar-refractivity contribution in [1.82, 2.24) is 5.32 Å². The average Bonchev–Trinajstić information content (AvgIpc) is 2.37. The third-order valence-corrected chi connectivity index (χ3v) is 2.92. The molecular formula is C14H20N2O2. The van der Waals surface area contributed by atoms with Crippen molar-refractivity contribution in [2.75, 3.05) is 24.6 Å². The largest absolute Gasteiger partial charge is 0.490 e. The van der Waals surface area contributed by atoms with E-state index in [0.29, 0.717) is 25.6 Å². The standard InChI is InChI=1S/C14H20N2O2/c1-11(2)15-8-7-14(17)16-9-10-18-13-6-4-3-5-12(13)16/h3-6,11,15H,7-10H2,1-2H3. The minimum absolute atomic E-state index is 0.152. The second-order valence-electron chi connectivity index (χ2n) is 4.72. The molecule has 0 atom stereocenters. The number of anilines is 1. The second kappa shape index (κ2) is 5.87. The molecular weight excluding hydrogens is 228 g/mol. The minimum atomic E-state index is 0.152. The Hall–Kier alpha value is -1.55. The molecule has 1 heterocycles. The lowest BCUT2D eigenvalue weighted by Gasteiger charge is -2.29. The summed E-state index contributed by atoms with van der Waals surface area (Å²) in [7, 11) is 0. The van der Waals surface area contributed by atoms with Crippen molar-refractivity contribution in [2.24, 2.45) is 0 Å². The summed E-state index contributed by atoms with van der Waals surface area (Å²) in [5.41, 5.74) is 0.887. The number of nitrogens with one attached hydrogen (secondary N) is 1. The molecule has 18 heavy (non-hydrogen) atoms. The first-order valence-corrected chi connectivity index (χ1v) is 6.44. The van der Waals surface area contributed by atoms with Crippen LogP contribution in [0.25, 0.3) is 0 Å². The summed E-state index contributed by atoms with van der Waals surface area (Å²) in [4.78, 5) is 14.0. The van der Waals surface area contributed by atoms with E-state index in [2.05, 4.69) is 19.2 Å². The molecule has 0 radical (unpaired) electrons. The Bertz CT molecular complexity index is 418. The van der Waals surface area contributed by atoms with Gasteiger partial charge in [0.05, 0.1) is 12.2 Å². The van der Waals surface area contributed by atoms with Crippen LogP contribution >= 0.6 is 0 Å². The molecule has 4 nitrogen and oxygen atoms in total. The molecule has 1 amide bonds. The Morgan fingerprint density at radius 2 is 2.22 bits per heavy atom. The lowest BCUT2D eigenvalue weighted by molar-refractivity contribution is -0.118. The van der Waals surface area contributed by atoms with E-state index in [0.717, 1.165) is 18.0 Å². The van der Waals surface area contributed by atoms with Crippen LogP contribution in [0.3, 0.4) is 0 Å². The third kappa shape index (κ3) is 3.01. The molecule has 0 spiro atoms. The van der Waals surface area contributed by atoms with Gasteiger partial charge in [-0.1, -0.05) is 26.0 Å². The number of hydrogen-bond donors (Lipinski definition) is 1. The maximum Gasteiger partial charge on any atom is 0.228 e. The lowest BCUT2D eigenvalue weighted by atomic mass is 10.2. The van der Waals surface area contributed by atoms with Crippen LogP contribution in [0.2, 0.25) is 0 Å². The molecule has 0 bridgehead atoms. The van der Waals surface area contributed by atoms with Crippen molar-refractivity contribution in [2.45, 2.75) is 26.3 Å². The van der Waals surface area contributed by atoms with Crippen molar-refractivity contribution in [1.29, 1.82) is 0 Å². The molecule has 0 unspecified atom stereocenters. The summed E-state index contributed by atoms with van der Waals surface area (Å²) in [6.45, 7) is 6.08. The number of rotatable bonds is 4. The number of ether oxygens (including phenoxy) is 1. The van der Waals surface area contributed by atoms with Gasteiger partial charge in [0, 0.05) is 19.0 Å². The number of carbonyl (C=O) groups is 1. The number of para-hydroxylation sites is 2. The molecule has 0 saturated heterocycles. The van der Waals surface area contributed by atoms with E-state index in [1.807, 2.05) is 29.2 Å². The first-order chi connectivity index (χ1) is 8.68. The summed E-state index contributed by atoms with van der Waals surface area (Å²) >= 11 is 0. The number of carbonyl (C=O) groups excluding carboxylic acids is 1. The summed E-state index contributed by atoms with van der Waals surface area (Å²) in [6.07, 6.45) is 0.520. The van der Waals surface area contributed by atoms with Crippen molar-refractivity contribution in [3.63, 3.8) is 0 Å². The summed E-state index contributed by atoms with van der Waals surface area (Å²) < 4.78 is 5.54. The average molecular weight is 248 g/mol. The lowest BCUT2D eigenvalue weighted by Crippen LogP contribution is -2.39. The van der Waals surface area contributed by atoms with Gasteiger partial charge in [0.2, 0.25) is 5.91 Å². The van der Waals surface area contributed by atoms with Gasteiger partial charge in [0.25, 0.3) is 0 Å². The van der Waals surface area contributed by atoms with Gasteiger partial charge in [-0.25, -0.2) is 0 Å². The van der Waals surface area contributed by atoms with Crippen molar-refractivity contribution >= 4 is 11.6 Å². The van der Waals surface area contributed by atoms with E-state index in [4.69, 9.17) is 4.74 Å². The predicted octanol–water partition coefficient (Wildman–Crippen LogP) is 1.80. The van der Waals surface area contributed by atoms with Gasteiger partial charge in [-0.3, -0.25) is 4.79 Å². The van der Waals surface area contributed by atoms with Crippen LogP contribution in [0.4, 0.5) is 5.69 Å². The zero-order valence-corrected chi connectivity index (χ0v) is 11.0. The van der Waals surface area contributed by atoms with Gasteiger partial charge in [0.15, 0.2) is 0 Å². The van der Waals surface area contributed by atoms with E-state index in [1.165, 1.54) is 0 Å². The molecule has 4 heteroatoms. The van der Waals surface area contributed by atoms with Crippen LogP contribution in [0.5, 0.6) is 5.75 Å². The monoisotopic (exact) mass is 248 g/mol. The SMILES string of the molecule is CC(C)NCCC(=O)N1CCOc2ccccc21. The Morgan fingerprint density at radius 1 is 1.44 bits per heavy atom. The van der Waals surface area contributed by atoms with Crippen LogP contribution in [-0.2, 0) is 4.79 Å². The molecule has 2 rings (SSSR count). The smallest absolute Gasteiger partial charge is 0.228 e. The van der Waals surface area contributed by atoms with Crippen molar-refractivity contribution < 1.29 is 9.53 Å². The first-order valence-electron chi connectivity index (χ1n) is 6.44. The fourth-order valence-corrected chi connectivity index (χ4v) is 2.03. The maximum absolute atomic E-state index is 12.2. The molecule has 1 aliphatic heterocycles. The molecule has 0 aromatic heterocycles. The van der Waals surface area contributed by atoms with E-state index >= 15 is 0 Å². The summed E-state index contributed by atoms with van der Waals surface area (Å²) in [5.74, 6) is 0.952. The highest BCUT2D eigenvalue weighted by atomic mass is 16.5. The van der Waals surface area contributed by atoms with Crippen LogP contribution in [0, 0.1) is 0 Å². The molecule has 1 aromatic rings. The zero-order chi connectivity index (χ0) is 13.0. The fourth-order valence-electron chi connectivity index (χ4n) is 2.03. The van der Waals surface area contributed by atoms with Crippen LogP contribution in [0.1, 0.15) is 20.3 Å². The Labute approximate surface area is 108 Å². The third-order valence-electron chi connectivity index (χ3n) is 2.92. The second-order valence-corrected chi connectivity index (χ2v) is 4.72. The molecule has 1 aromatic carbocycles. The topological polar surface area (TPSA) is 41.6 Å². The van der Waals surface area contributed by atoms with E-state index in [-0.39, 0.29) is 5.91 Å². The molecule has 1 aliphatic rings. The number of fused-ring (bicyclic) bond motifs is 1. The number of amides is 1. The van der Waals surface area contributed by atoms with Crippen LogP contribution in [0.15, 0.2) is 24.3 Å². The van der Waals surface area contributed by atoms with Crippen LogP contribution < -0.4 is 15.0 Å².